The van der Waals surface area contributed by atoms with E-state index >= 15 is 0 Å². The molecule has 0 amide bonds. The van der Waals surface area contributed by atoms with Crippen LogP contribution in [-0.2, 0) is 26.5 Å². The first-order chi connectivity index (χ1) is 13.1. The van der Waals surface area contributed by atoms with Crippen LogP contribution in [-0.4, -0.2) is 32.4 Å². The van der Waals surface area contributed by atoms with E-state index in [0.29, 0.717) is 15.6 Å². The fourth-order valence-electron chi connectivity index (χ4n) is 2.93. The number of allylic oxidation sites excluding steroid dienone is 1. The molecular weight excluding hydrogens is 509 g/mol. The van der Waals surface area contributed by atoms with Gasteiger partial charge in [-0.3, -0.25) is 9.59 Å². The van der Waals surface area contributed by atoms with Crippen molar-refractivity contribution < 1.29 is 14.1 Å². The average Bonchev–Trinajstić information content (AvgIpc) is 2.61. The summed E-state index contributed by atoms with van der Waals surface area (Å²) in [4.78, 5) is 24.6. The fraction of sp³-hybridized carbons (Fsp3) is 0.474. The van der Waals surface area contributed by atoms with E-state index in [9.17, 15) is 14.1 Å². The van der Waals surface area contributed by atoms with Gasteiger partial charge in [-0.25, -0.2) is 0 Å². The normalized spacial score (nSPS) is 20.5. The molecule has 0 radical (unpaired) electrons. The summed E-state index contributed by atoms with van der Waals surface area (Å²) >= 11 is 20.1. The number of hydrogen-bond donors (Lipinski definition) is 1. The van der Waals surface area contributed by atoms with E-state index < -0.39 is 17.0 Å². The smallest absolute Gasteiger partial charge is 0.233 e. The first-order valence-corrected chi connectivity index (χ1v) is 12.2. The molecule has 4 unspecified atom stereocenters. The van der Waals surface area contributed by atoms with Crippen molar-refractivity contribution in [2.75, 3.05) is 0 Å². The summed E-state index contributed by atoms with van der Waals surface area (Å²) in [5.41, 5.74) is 0.559. The van der Waals surface area contributed by atoms with Crippen molar-refractivity contribution in [2.24, 2.45) is 0 Å². The summed E-state index contributed by atoms with van der Waals surface area (Å²) in [5.74, 6) is -0.665. The maximum Gasteiger partial charge on any atom is 0.233 e. The summed E-state index contributed by atoms with van der Waals surface area (Å²) in [6, 6.07) is 4.62. The lowest BCUT2D eigenvalue weighted by atomic mass is 9.94. The maximum absolute atomic E-state index is 13.1. The highest BCUT2D eigenvalue weighted by Gasteiger charge is 2.38. The van der Waals surface area contributed by atoms with E-state index in [4.69, 9.17) is 34.8 Å². The molecule has 0 aromatic heterocycles. The van der Waals surface area contributed by atoms with Gasteiger partial charge in [0.25, 0.3) is 0 Å². The van der Waals surface area contributed by atoms with E-state index in [0.717, 1.165) is 12.8 Å². The van der Waals surface area contributed by atoms with Gasteiger partial charge >= 0.3 is 0 Å². The van der Waals surface area contributed by atoms with Crippen LogP contribution < -0.4 is 5.32 Å². The molecule has 1 aromatic carbocycles. The molecule has 0 bridgehead atoms. The lowest BCUT2D eigenvalue weighted by molar-refractivity contribution is -0.121. The number of Topliss-reactive ketones (excluding diaryl/α,β-unsaturated/α-hetero) is 2. The van der Waals surface area contributed by atoms with Gasteiger partial charge in [-0.05, 0) is 44.9 Å². The lowest BCUT2D eigenvalue weighted by Crippen LogP contribution is -2.46. The summed E-state index contributed by atoms with van der Waals surface area (Å²) in [5, 5.41) is 4.24. The number of carbonyl (C=O) groups is 2. The van der Waals surface area contributed by atoms with E-state index in [2.05, 4.69) is 21.2 Å². The molecule has 0 saturated carbocycles. The fourth-order valence-corrected chi connectivity index (χ4v) is 5.53. The number of nitrogens with one attached hydrogen (secondary N) is 1. The molecule has 1 N–H and O–H groups in total. The number of alkyl halides is 2. The quantitative estimate of drug-likeness (QED) is 0.288. The Morgan fingerprint density at radius 1 is 1.39 bits per heavy atom. The minimum atomic E-state index is -1.66. The van der Waals surface area contributed by atoms with Crippen LogP contribution in [0.2, 0.25) is 10.0 Å². The third-order valence-electron chi connectivity index (χ3n) is 4.38. The second kappa shape index (κ2) is 10.7. The first-order valence-electron chi connectivity index (χ1n) is 8.75. The molecule has 28 heavy (non-hydrogen) atoms. The Morgan fingerprint density at radius 3 is 2.68 bits per heavy atom. The molecule has 0 aliphatic carbocycles. The Kier molecular flexibility index (Phi) is 9.17. The molecule has 0 spiro atoms. The molecular formula is C19H21BrCl3NO3S. The molecule has 1 aromatic rings. The van der Waals surface area contributed by atoms with Crippen molar-refractivity contribution >= 4 is 73.5 Å². The van der Waals surface area contributed by atoms with Crippen molar-refractivity contribution in [2.45, 2.75) is 55.1 Å². The van der Waals surface area contributed by atoms with Gasteiger partial charge in [0.2, 0.25) is 5.03 Å². The van der Waals surface area contributed by atoms with Crippen LogP contribution >= 0.6 is 50.7 Å². The Hall–Kier alpha value is -0.240. The van der Waals surface area contributed by atoms with Crippen LogP contribution in [0.1, 0.15) is 38.7 Å². The highest BCUT2D eigenvalue weighted by atomic mass is 79.9. The second-order valence-corrected chi connectivity index (χ2v) is 10.9. The van der Waals surface area contributed by atoms with Crippen LogP contribution in [0.15, 0.2) is 28.8 Å². The van der Waals surface area contributed by atoms with E-state index in [1.165, 1.54) is 6.92 Å². The van der Waals surface area contributed by atoms with Crippen LogP contribution in [0.3, 0.4) is 0 Å². The van der Waals surface area contributed by atoms with Crippen molar-refractivity contribution in [3.63, 3.8) is 0 Å². The average molecular weight is 530 g/mol. The predicted molar refractivity (Wildman–Crippen MR) is 120 cm³/mol. The topological polar surface area (TPSA) is 69.2 Å². The maximum atomic E-state index is 13.1. The van der Waals surface area contributed by atoms with Crippen molar-refractivity contribution in [3.8, 4) is 0 Å². The highest BCUT2D eigenvalue weighted by molar-refractivity contribution is 9.09. The number of benzene rings is 1. The number of rotatable bonds is 8. The van der Waals surface area contributed by atoms with Crippen molar-refractivity contribution in [1.29, 1.82) is 0 Å². The Balaban J connectivity index is 2.27. The third-order valence-corrected chi connectivity index (χ3v) is 7.65. The molecule has 1 heterocycles. The highest BCUT2D eigenvalue weighted by Crippen LogP contribution is 2.30. The Labute approximate surface area is 191 Å². The second-order valence-electron chi connectivity index (χ2n) is 6.74. The van der Waals surface area contributed by atoms with E-state index in [1.807, 2.05) is 6.92 Å². The van der Waals surface area contributed by atoms with Gasteiger partial charge in [0.1, 0.15) is 11.3 Å². The Morgan fingerprint density at radius 2 is 2.07 bits per heavy atom. The monoisotopic (exact) mass is 527 g/mol. The van der Waals surface area contributed by atoms with Gasteiger partial charge in [0.05, 0.1) is 0 Å². The minimum Gasteiger partial charge on any atom is -0.610 e. The molecule has 2 rings (SSSR count). The van der Waals surface area contributed by atoms with Gasteiger partial charge in [0, 0.05) is 49.5 Å². The summed E-state index contributed by atoms with van der Waals surface area (Å²) in [6.07, 6.45) is 1.66. The third kappa shape index (κ3) is 6.38. The summed E-state index contributed by atoms with van der Waals surface area (Å²) < 4.78 is 13.1. The zero-order valence-corrected chi connectivity index (χ0v) is 20.1. The number of hydrogen-bond acceptors (Lipinski definition) is 4. The van der Waals surface area contributed by atoms with Crippen LogP contribution in [0.25, 0.3) is 0 Å². The molecule has 4 nitrogen and oxygen atoms in total. The molecule has 0 saturated heterocycles. The van der Waals surface area contributed by atoms with Crippen molar-refractivity contribution in [1.82, 2.24) is 5.32 Å². The zero-order chi connectivity index (χ0) is 21.0. The molecule has 0 fully saturated rings. The Bertz CT molecular complexity index is 788. The predicted octanol–water partition coefficient (Wildman–Crippen LogP) is 5.14. The molecule has 1 aliphatic heterocycles. The SMILES string of the molecule is CC(=O)C1=C([S+]([O-])Cc2cc(Cl)ccc2Cl)NC(C(Br)CCC(C)Cl)CC1=O. The summed E-state index contributed by atoms with van der Waals surface area (Å²) in [6.45, 7) is 3.21. The van der Waals surface area contributed by atoms with Gasteiger partial charge in [-0.2, -0.15) is 0 Å². The summed E-state index contributed by atoms with van der Waals surface area (Å²) in [7, 11) is 0. The van der Waals surface area contributed by atoms with Crippen LogP contribution in [0.5, 0.6) is 0 Å². The van der Waals surface area contributed by atoms with Crippen molar-refractivity contribution in [3.05, 3.63) is 44.4 Å². The number of carbonyl (C=O) groups excluding carboxylic acids is 2. The molecule has 9 heteroatoms. The van der Waals surface area contributed by atoms with E-state index in [1.54, 1.807) is 18.2 Å². The zero-order valence-electron chi connectivity index (χ0n) is 15.4. The van der Waals surface area contributed by atoms with Crippen LogP contribution in [0, 0.1) is 0 Å². The number of halogens is 4. The van der Waals surface area contributed by atoms with Gasteiger partial charge < -0.3 is 9.87 Å². The molecule has 1 aliphatic rings. The largest absolute Gasteiger partial charge is 0.610 e. The standard InChI is InChI=1S/C19H21BrCl3NO3S/c1-10(21)3-5-14(20)16-8-17(26)18(11(2)25)19(24-16)28(27)9-12-7-13(22)4-6-15(12)23/h4,6-7,10,14,16,24H,3,5,8-9H2,1-2H3. The number of ketones is 2. The van der Waals surface area contributed by atoms with Gasteiger partial charge in [-0.1, -0.05) is 39.1 Å². The van der Waals surface area contributed by atoms with Gasteiger partial charge in [0.15, 0.2) is 11.6 Å². The molecule has 154 valence electrons. The molecule has 4 atom stereocenters. The van der Waals surface area contributed by atoms with Crippen LogP contribution in [0.4, 0.5) is 0 Å². The minimum absolute atomic E-state index is 0.0150. The lowest BCUT2D eigenvalue weighted by Gasteiger charge is -2.31. The first kappa shape index (κ1) is 24.0. The van der Waals surface area contributed by atoms with E-state index in [-0.39, 0.29) is 44.8 Å². The van der Waals surface area contributed by atoms with Gasteiger partial charge in [-0.15, -0.1) is 11.6 Å².